The number of benzene rings is 1. The van der Waals surface area contributed by atoms with Gasteiger partial charge in [-0.05, 0) is 52.8 Å². The van der Waals surface area contributed by atoms with Crippen LogP contribution in [-0.2, 0) is 11.2 Å². The molecule has 3 aromatic rings. The zero-order valence-electron chi connectivity index (χ0n) is 25.5. The largest absolute Gasteiger partial charge is 0.488 e. The maximum Gasteiger partial charge on any atom is 0.323 e. The number of nitrogens with one attached hydrogen (secondary N) is 3. The van der Waals surface area contributed by atoms with Gasteiger partial charge in [-0.25, -0.2) is 9.59 Å². The first kappa shape index (κ1) is 31.3. The van der Waals surface area contributed by atoms with Gasteiger partial charge in [0.1, 0.15) is 34.6 Å². The number of carbonyl (C=O) groups excluding carboxylic acids is 3. The van der Waals surface area contributed by atoms with Crippen molar-refractivity contribution in [3.63, 3.8) is 0 Å². The molecule has 0 radical (unpaired) electrons. The van der Waals surface area contributed by atoms with Crippen molar-refractivity contribution in [3.05, 3.63) is 46.7 Å². The minimum atomic E-state index is -0.514. The predicted molar refractivity (Wildman–Crippen MR) is 158 cm³/mol. The van der Waals surface area contributed by atoms with Gasteiger partial charge in [0.15, 0.2) is 11.5 Å². The first-order valence-corrected chi connectivity index (χ1v) is 14.0. The third-order valence-electron chi connectivity index (χ3n) is 7.51. The highest BCUT2D eigenvalue weighted by atomic mass is 16.5. The fourth-order valence-electron chi connectivity index (χ4n) is 4.88. The van der Waals surface area contributed by atoms with Crippen molar-refractivity contribution >= 4 is 35.0 Å². The SMILES string of the molecule is Cc1noc(C)c1NC(=O)Nc1ccc2c(c1)CC(=O)N([C@@H](C)CO)C[C@@H](C)[C@@H](CN(C)C(=O)Nc1c(C)noc1C)O2. The van der Waals surface area contributed by atoms with E-state index in [2.05, 4.69) is 26.3 Å². The first-order valence-electron chi connectivity index (χ1n) is 14.0. The summed E-state index contributed by atoms with van der Waals surface area (Å²) in [6.07, 6.45) is -0.525. The molecule has 4 rings (SSSR count). The number of aryl methyl sites for hydroxylation is 4. The van der Waals surface area contributed by atoms with Crippen molar-refractivity contribution in [1.29, 1.82) is 0 Å². The number of aliphatic hydroxyl groups is 1. The molecular weight excluding hydrogens is 558 g/mol. The summed E-state index contributed by atoms with van der Waals surface area (Å²) in [4.78, 5) is 42.4. The molecule has 4 N–H and O–H groups in total. The number of fused-ring (bicyclic) bond motifs is 1. The maximum atomic E-state index is 13.5. The molecule has 3 atom stereocenters. The number of likely N-dealkylation sites (N-methyl/N-ethyl adjacent to an activating group) is 1. The molecule has 0 aliphatic carbocycles. The normalized spacial score (nSPS) is 17.6. The van der Waals surface area contributed by atoms with E-state index in [1.807, 2.05) is 6.92 Å². The summed E-state index contributed by atoms with van der Waals surface area (Å²) in [5.74, 6) is 1.03. The van der Waals surface area contributed by atoms with Gasteiger partial charge in [0, 0.05) is 30.8 Å². The lowest BCUT2D eigenvalue weighted by atomic mass is 10.0. The van der Waals surface area contributed by atoms with E-state index in [0.29, 0.717) is 57.8 Å². The van der Waals surface area contributed by atoms with E-state index in [4.69, 9.17) is 13.8 Å². The first-order chi connectivity index (χ1) is 20.4. The average Bonchev–Trinajstić information content (AvgIpc) is 3.46. The van der Waals surface area contributed by atoms with Crippen LogP contribution < -0.4 is 20.7 Å². The molecule has 1 aromatic carbocycles. The van der Waals surface area contributed by atoms with Crippen LogP contribution >= 0.6 is 0 Å². The van der Waals surface area contributed by atoms with Gasteiger partial charge in [-0.15, -0.1) is 0 Å². The Hall–Kier alpha value is -4.59. The van der Waals surface area contributed by atoms with Crippen LogP contribution in [0.2, 0.25) is 0 Å². The molecule has 1 aliphatic rings. The molecular formula is C29H39N7O7. The fraction of sp³-hybridized carbons (Fsp3) is 0.483. The van der Waals surface area contributed by atoms with Crippen molar-refractivity contribution in [2.45, 2.75) is 60.1 Å². The number of nitrogens with zero attached hydrogens (tertiary/aromatic N) is 4. The lowest BCUT2D eigenvalue weighted by Crippen LogP contribution is -2.48. The molecule has 14 nitrogen and oxygen atoms in total. The number of hydrogen-bond donors (Lipinski definition) is 4. The summed E-state index contributed by atoms with van der Waals surface area (Å²) in [5.41, 5.74) is 3.10. The van der Waals surface area contributed by atoms with Crippen molar-refractivity contribution < 1.29 is 33.3 Å². The smallest absolute Gasteiger partial charge is 0.323 e. The van der Waals surface area contributed by atoms with Gasteiger partial charge in [0.05, 0.1) is 25.6 Å². The van der Waals surface area contributed by atoms with Crippen LogP contribution in [-0.4, -0.2) is 82.1 Å². The highest BCUT2D eigenvalue weighted by Crippen LogP contribution is 2.30. The Kier molecular flexibility index (Phi) is 9.59. The van der Waals surface area contributed by atoms with Crippen molar-refractivity contribution in [2.75, 3.05) is 42.7 Å². The van der Waals surface area contributed by atoms with E-state index in [9.17, 15) is 19.5 Å². The number of amides is 5. The van der Waals surface area contributed by atoms with Gasteiger partial charge >= 0.3 is 12.1 Å². The number of ether oxygens (including phenoxy) is 1. The highest BCUT2D eigenvalue weighted by molar-refractivity contribution is 6.00. The third kappa shape index (κ3) is 7.25. The van der Waals surface area contributed by atoms with Crippen molar-refractivity contribution in [1.82, 2.24) is 20.1 Å². The van der Waals surface area contributed by atoms with E-state index in [1.165, 1.54) is 4.90 Å². The Labute approximate surface area is 249 Å². The molecule has 2 aromatic heterocycles. The molecule has 5 amide bonds. The van der Waals surface area contributed by atoms with Crippen molar-refractivity contribution in [2.24, 2.45) is 5.92 Å². The molecule has 3 heterocycles. The average molecular weight is 598 g/mol. The van der Waals surface area contributed by atoms with Crippen LogP contribution in [0.5, 0.6) is 5.75 Å². The van der Waals surface area contributed by atoms with Crippen LogP contribution in [0.15, 0.2) is 27.2 Å². The summed E-state index contributed by atoms with van der Waals surface area (Å²) in [5, 5.41) is 26.0. The van der Waals surface area contributed by atoms with Gasteiger partial charge in [0.25, 0.3) is 0 Å². The number of aromatic nitrogens is 2. The Bertz CT molecular complexity index is 1440. The molecule has 0 fully saturated rings. The molecule has 0 unspecified atom stereocenters. The number of rotatable bonds is 7. The zero-order valence-corrected chi connectivity index (χ0v) is 25.5. The molecule has 0 saturated heterocycles. The molecule has 14 heteroatoms. The molecule has 43 heavy (non-hydrogen) atoms. The zero-order chi connectivity index (χ0) is 31.4. The molecule has 232 valence electrons. The van der Waals surface area contributed by atoms with E-state index in [0.717, 1.165) is 0 Å². The summed E-state index contributed by atoms with van der Waals surface area (Å²) in [7, 11) is 1.65. The highest BCUT2D eigenvalue weighted by Gasteiger charge is 2.32. The van der Waals surface area contributed by atoms with Crippen LogP contribution in [0.25, 0.3) is 0 Å². The monoisotopic (exact) mass is 597 g/mol. The summed E-state index contributed by atoms with van der Waals surface area (Å²) < 4.78 is 16.7. The molecule has 1 aliphatic heterocycles. The maximum absolute atomic E-state index is 13.5. The lowest BCUT2D eigenvalue weighted by molar-refractivity contribution is -0.134. The summed E-state index contributed by atoms with van der Waals surface area (Å²) >= 11 is 0. The van der Waals surface area contributed by atoms with Crippen LogP contribution in [0.3, 0.4) is 0 Å². The summed E-state index contributed by atoms with van der Waals surface area (Å²) in [6, 6.07) is 3.76. The Balaban J connectivity index is 1.57. The van der Waals surface area contributed by atoms with Crippen LogP contribution in [0.1, 0.15) is 42.3 Å². The lowest BCUT2D eigenvalue weighted by Gasteiger charge is -2.34. The second-order valence-corrected chi connectivity index (χ2v) is 11.0. The van der Waals surface area contributed by atoms with Gasteiger partial charge in [-0.1, -0.05) is 17.2 Å². The molecule has 0 saturated carbocycles. The number of anilines is 3. The van der Waals surface area contributed by atoms with Gasteiger partial charge < -0.3 is 44.6 Å². The van der Waals surface area contributed by atoms with Crippen molar-refractivity contribution in [3.8, 4) is 5.75 Å². The fourth-order valence-corrected chi connectivity index (χ4v) is 4.88. The van der Waals surface area contributed by atoms with E-state index >= 15 is 0 Å². The second kappa shape index (κ2) is 13.2. The standard InChI is InChI=1S/C29H39N7O7/c1-15-12-36(16(2)14-37)25(38)11-21-10-22(30-28(39)31-26-17(3)33-42-19(26)5)8-9-23(21)41-24(15)13-35(7)29(40)32-27-18(4)34-43-20(27)6/h8-10,15-16,24,37H,11-14H2,1-7H3,(H,32,40)(H2,30,31,39)/t15-,16+,24-/m1/s1. The number of carbonyl (C=O) groups is 3. The number of hydrogen-bond acceptors (Lipinski definition) is 9. The van der Waals surface area contributed by atoms with Crippen LogP contribution in [0.4, 0.5) is 26.7 Å². The van der Waals surface area contributed by atoms with Crippen LogP contribution in [0, 0.1) is 33.6 Å². The Morgan fingerprint density at radius 2 is 1.70 bits per heavy atom. The van der Waals surface area contributed by atoms with E-state index < -0.39 is 18.2 Å². The second-order valence-electron chi connectivity index (χ2n) is 11.0. The number of urea groups is 2. The van der Waals surface area contributed by atoms with Gasteiger partial charge in [0.2, 0.25) is 5.91 Å². The Morgan fingerprint density at radius 3 is 2.28 bits per heavy atom. The molecule has 0 spiro atoms. The molecule has 0 bridgehead atoms. The minimum Gasteiger partial charge on any atom is -0.488 e. The summed E-state index contributed by atoms with van der Waals surface area (Å²) in [6.45, 7) is 10.9. The number of aliphatic hydroxyl groups excluding tert-OH is 1. The van der Waals surface area contributed by atoms with E-state index in [1.54, 1.807) is 64.8 Å². The van der Waals surface area contributed by atoms with Gasteiger partial charge in [-0.3, -0.25) is 4.79 Å². The van der Waals surface area contributed by atoms with Gasteiger partial charge in [-0.2, -0.15) is 0 Å². The third-order valence-corrected chi connectivity index (χ3v) is 7.51. The van der Waals surface area contributed by atoms with E-state index in [-0.39, 0.29) is 37.4 Å². The quantitative estimate of drug-likeness (QED) is 0.315. The Morgan fingerprint density at radius 1 is 1.07 bits per heavy atom. The topological polar surface area (TPSA) is 175 Å². The predicted octanol–water partition coefficient (Wildman–Crippen LogP) is 3.85. The minimum absolute atomic E-state index is 0.0114.